The van der Waals surface area contributed by atoms with E-state index in [2.05, 4.69) is 25.2 Å². The van der Waals surface area contributed by atoms with E-state index in [1.165, 1.54) is 16.3 Å². The number of imidazole rings is 1. The molecule has 0 unspecified atom stereocenters. The van der Waals surface area contributed by atoms with E-state index in [0.29, 0.717) is 0 Å². The molecular formula is C14H13ClN2S. The van der Waals surface area contributed by atoms with Crippen LogP contribution in [0.3, 0.4) is 0 Å². The maximum atomic E-state index is 6.04. The summed E-state index contributed by atoms with van der Waals surface area (Å²) in [6.07, 6.45) is 0. The van der Waals surface area contributed by atoms with E-state index in [0.717, 1.165) is 21.2 Å². The van der Waals surface area contributed by atoms with E-state index in [1.807, 2.05) is 24.3 Å². The van der Waals surface area contributed by atoms with Crippen LogP contribution < -0.4 is 0 Å². The van der Waals surface area contributed by atoms with Gasteiger partial charge in [-0.25, -0.2) is 4.98 Å². The minimum absolute atomic E-state index is 0.746. The molecule has 0 aliphatic carbocycles. The number of benzene rings is 1. The zero-order chi connectivity index (χ0) is 12.9. The Morgan fingerprint density at radius 3 is 2.61 bits per heavy atom. The van der Waals surface area contributed by atoms with E-state index in [9.17, 15) is 0 Å². The van der Waals surface area contributed by atoms with Gasteiger partial charge in [0.15, 0.2) is 4.96 Å². The van der Waals surface area contributed by atoms with E-state index in [4.69, 9.17) is 16.6 Å². The van der Waals surface area contributed by atoms with Crippen LogP contribution in [0.25, 0.3) is 16.2 Å². The smallest absolute Gasteiger partial charge is 0.194 e. The first-order valence-corrected chi connectivity index (χ1v) is 6.98. The number of hydrogen-bond donors (Lipinski definition) is 0. The molecule has 2 heterocycles. The van der Waals surface area contributed by atoms with Gasteiger partial charge < -0.3 is 0 Å². The predicted octanol–water partition coefficient (Wildman–Crippen LogP) is 4.64. The third kappa shape index (κ3) is 1.66. The molecule has 0 bridgehead atoms. The molecule has 0 atom stereocenters. The second-order valence-corrected chi connectivity index (χ2v) is 6.04. The van der Waals surface area contributed by atoms with Gasteiger partial charge in [-0.1, -0.05) is 23.7 Å². The van der Waals surface area contributed by atoms with Gasteiger partial charge in [0, 0.05) is 26.9 Å². The van der Waals surface area contributed by atoms with Crippen LogP contribution in [0.2, 0.25) is 5.02 Å². The topological polar surface area (TPSA) is 17.3 Å². The molecule has 0 spiro atoms. The third-order valence-electron chi connectivity index (χ3n) is 3.26. The van der Waals surface area contributed by atoms with Gasteiger partial charge in [-0.15, -0.1) is 11.3 Å². The molecule has 0 radical (unpaired) electrons. The summed E-state index contributed by atoms with van der Waals surface area (Å²) in [5.41, 5.74) is 4.54. The molecule has 18 heavy (non-hydrogen) atoms. The van der Waals surface area contributed by atoms with Crippen molar-refractivity contribution in [1.29, 1.82) is 0 Å². The quantitative estimate of drug-likeness (QED) is 0.633. The molecule has 1 aromatic carbocycles. The second kappa shape index (κ2) is 4.11. The van der Waals surface area contributed by atoms with Gasteiger partial charge in [-0.3, -0.25) is 4.40 Å². The van der Waals surface area contributed by atoms with Crippen molar-refractivity contribution in [3.05, 3.63) is 45.6 Å². The summed E-state index contributed by atoms with van der Waals surface area (Å²) in [5, 5.41) is 0.746. The molecule has 3 rings (SSSR count). The fourth-order valence-corrected chi connectivity index (χ4v) is 3.42. The minimum atomic E-state index is 0.746. The van der Waals surface area contributed by atoms with Gasteiger partial charge >= 0.3 is 0 Å². The van der Waals surface area contributed by atoms with Gasteiger partial charge in [-0.2, -0.15) is 0 Å². The largest absolute Gasteiger partial charge is 0.291 e. The maximum Gasteiger partial charge on any atom is 0.194 e. The van der Waals surface area contributed by atoms with E-state index in [-0.39, 0.29) is 0 Å². The van der Waals surface area contributed by atoms with Crippen molar-refractivity contribution in [2.45, 2.75) is 20.8 Å². The molecular weight excluding hydrogens is 264 g/mol. The summed E-state index contributed by atoms with van der Waals surface area (Å²) >= 11 is 7.78. The van der Waals surface area contributed by atoms with Crippen molar-refractivity contribution in [2.24, 2.45) is 0 Å². The Kier molecular flexibility index (Phi) is 2.68. The summed E-state index contributed by atoms with van der Waals surface area (Å²) in [5.74, 6) is 0. The highest BCUT2D eigenvalue weighted by molar-refractivity contribution is 7.17. The predicted molar refractivity (Wildman–Crippen MR) is 77.7 cm³/mol. The van der Waals surface area contributed by atoms with Crippen molar-refractivity contribution >= 4 is 27.9 Å². The Morgan fingerprint density at radius 2 is 1.94 bits per heavy atom. The molecule has 3 aromatic rings. The van der Waals surface area contributed by atoms with Crippen molar-refractivity contribution in [3.63, 3.8) is 0 Å². The standard InChI is InChI=1S/C14H13ClN2S/c1-8-10(3)18-14-16-13(9(2)17(8)14)11-5-4-6-12(15)7-11/h4-7H,1-3H3. The van der Waals surface area contributed by atoms with Crippen molar-refractivity contribution in [3.8, 4) is 11.3 Å². The van der Waals surface area contributed by atoms with Gasteiger partial charge in [0.05, 0.1) is 5.69 Å². The van der Waals surface area contributed by atoms with Gasteiger partial charge in [0.2, 0.25) is 0 Å². The first kappa shape index (κ1) is 11.8. The average Bonchev–Trinajstić information content (AvgIpc) is 2.79. The summed E-state index contributed by atoms with van der Waals surface area (Å²) in [4.78, 5) is 7.10. The number of hydrogen-bond acceptors (Lipinski definition) is 2. The number of aryl methyl sites for hydroxylation is 3. The summed E-state index contributed by atoms with van der Waals surface area (Å²) in [7, 11) is 0. The van der Waals surface area contributed by atoms with E-state index >= 15 is 0 Å². The first-order chi connectivity index (χ1) is 8.58. The van der Waals surface area contributed by atoms with Crippen LogP contribution in [-0.4, -0.2) is 9.38 Å². The molecule has 0 saturated carbocycles. The number of rotatable bonds is 1. The molecule has 92 valence electrons. The van der Waals surface area contributed by atoms with Crippen LogP contribution in [0.4, 0.5) is 0 Å². The van der Waals surface area contributed by atoms with Crippen LogP contribution >= 0.6 is 22.9 Å². The van der Waals surface area contributed by atoms with Crippen LogP contribution in [0, 0.1) is 20.8 Å². The number of halogens is 1. The SMILES string of the molecule is Cc1sc2nc(-c3cccc(Cl)c3)c(C)n2c1C. The minimum Gasteiger partial charge on any atom is -0.291 e. The number of fused-ring (bicyclic) bond motifs is 1. The number of nitrogens with zero attached hydrogens (tertiary/aromatic N) is 2. The Balaban J connectivity index is 2.28. The highest BCUT2D eigenvalue weighted by Crippen LogP contribution is 2.30. The lowest BCUT2D eigenvalue weighted by Crippen LogP contribution is -1.89. The molecule has 0 N–H and O–H groups in total. The van der Waals surface area contributed by atoms with Gasteiger partial charge in [0.25, 0.3) is 0 Å². The fraction of sp³-hybridized carbons (Fsp3) is 0.214. The molecule has 2 nitrogen and oxygen atoms in total. The zero-order valence-electron chi connectivity index (χ0n) is 10.5. The van der Waals surface area contributed by atoms with E-state index < -0.39 is 0 Å². The van der Waals surface area contributed by atoms with Crippen molar-refractivity contribution in [2.75, 3.05) is 0 Å². The second-order valence-electron chi connectivity index (χ2n) is 4.42. The lowest BCUT2D eigenvalue weighted by molar-refractivity contribution is 1.05. The third-order valence-corrected chi connectivity index (χ3v) is 4.56. The maximum absolute atomic E-state index is 6.04. The number of thiazole rings is 1. The van der Waals surface area contributed by atoms with Crippen molar-refractivity contribution < 1.29 is 0 Å². The Labute approximate surface area is 115 Å². The molecule has 0 saturated heterocycles. The summed E-state index contributed by atoms with van der Waals surface area (Å²) in [6, 6.07) is 7.85. The van der Waals surface area contributed by atoms with Crippen LogP contribution in [0.1, 0.15) is 16.3 Å². The molecule has 0 aliphatic heterocycles. The van der Waals surface area contributed by atoms with Gasteiger partial charge in [-0.05, 0) is 32.9 Å². The summed E-state index contributed by atoms with van der Waals surface area (Å²) in [6.45, 7) is 6.37. The molecule has 0 aliphatic rings. The summed E-state index contributed by atoms with van der Waals surface area (Å²) < 4.78 is 2.22. The highest BCUT2D eigenvalue weighted by Gasteiger charge is 2.15. The Hall–Kier alpha value is -1.32. The Morgan fingerprint density at radius 1 is 1.17 bits per heavy atom. The number of aromatic nitrogens is 2. The molecule has 2 aromatic heterocycles. The van der Waals surface area contributed by atoms with Crippen molar-refractivity contribution in [1.82, 2.24) is 9.38 Å². The molecule has 4 heteroatoms. The average molecular weight is 277 g/mol. The van der Waals surface area contributed by atoms with E-state index in [1.54, 1.807) is 11.3 Å². The Bertz CT molecular complexity index is 740. The monoisotopic (exact) mass is 276 g/mol. The first-order valence-electron chi connectivity index (χ1n) is 5.79. The van der Waals surface area contributed by atoms with Crippen LogP contribution in [0.15, 0.2) is 24.3 Å². The molecule has 0 amide bonds. The lowest BCUT2D eigenvalue weighted by Gasteiger charge is -2.01. The van der Waals surface area contributed by atoms with Gasteiger partial charge in [0.1, 0.15) is 0 Å². The highest BCUT2D eigenvalue weighted by atomic mass is 35.5. The zero-order valence-corrected chi connectivity index (χ0v) is 12.1. The van der Waals surface area contributed by atoms with Crippen LogP contribution in [-0.2, 0) is 0 Å². The lowest BCUT2D eigenvalue weighted by atomic mass is 10.1. The normalized spacial score (nSPS) is 11.3. The fourth-order valence-electron chi connectivity index (χ4n) is 2.22. The molecule has 0 fully saturated rings. The van der Waals surface area contributed by atoms with Crippen LogP contribution in [0.5, 0.6) is 0 Å².